The average molecular weight is 378 g/mol. The molecule has 7 nitrogen and oxygen atoms in total. The highest BCUT2D eigenvalue weighted by atomic mass is 16.7. The Morgan fingerprint density at radius 3 is 2.04 bits per heavy atom. The van der Waals surface area contributed by atoms with Crippen molar-refractivity contribution in [2.24, 2.45) is 0 Å². The van der Waals surface area contributed by atoms with E-state index >= 15 is 0 Å². The van der Waals surface area contributed by atoms with Gasteiger partial charge in [0.05, 0.1) is 37.1 Å². The molecule has 1 aliphatic heterocycles. The van der Waals surface area contributed by atoms with Crippen LogP contribution in [0.3, 0.4) is 0 Å². The number of hydrogen-bond donors (Lipinski definition) is 0. The number of carbonyl (C=O) groups excluding carboxylic acids is 2. The quantitative estimate of drug-likeness (QED) is 0.675. The second-order valence-corrected chi connectivity index (χ2v) is 6.32. The van der Waals surface area contributed by atoms with Gasteiger partial charge in [0.1, 0.15) is 11.3 Å². The number of methoxy groups -OCH3 is 2. The highest BCUT2D eigenvalue weighted by Gasteiger charge is 2.59. The molecule has 2 rings (SSSR count). The molecule has 27 heavy (non-hydrogen) atoms. The molecule has 0 bridgehead atoms. The van der Waals surface area contributed by atoms with Gasteiger partial charge in [-0.3, -0.25) is 0 Å². The molecule has 0 saturated heterocycles. The van der Waals surface area contributed by atoms with Crippen molar-refractivity contribution in [2.75, 3.05) is 27.4 Å². The van der Waals surface area contributed by atoms with Gasteiger partial charge in [-0.15, -0.1) is 0 Å². The van der Waals surface area contributed by atoms with Gasteiger partial charge in [-0.1, -0.05) is 12.1 Å². The van der Waals surface area contributed by atoms with Gasteiger partial charge in [-0.05, 0) is 39.8 Å². The third kappa shape index (κ3) is 3.57. The Kier molecular flexibility index (Phi) is 6.28. The first-order chi connectivity index (χ1) is 12.8. The minimum absolute atomic E-state index is 0.0419. The van der Waals surface area contributed by atoms with Crippen LogP contribution in [0.25, 0.3) is 0 Å². The van der Waals surface area contributed by atoms with Crippen molar-refractivity contribution in [3.05, 3.63) is 41.0 Å². The van der Waals surface area contributed by atoms with Crippen LogP contribution in [0, 0.1) is 0 Å². The van der Waals surface area contributed by atoms with Crippen LogP contribution in [-0.4, -0.2) is 45.0 Å². The van der Waals surface area contributed by atoms with E-state index < -0.39 is 23.3 Å². The molecule has 0 radical (unpaired) electrons. The highest BCUT2D eigenvalue weighted by Crippen LogP contribution is 2.52. The summed E-state index contributed by atoms with van der Waals surface area (Å²) >= 11 is 0. The Morgan fingerprint density at radius 2 is 1.52 bits per heavy atom. The van der Waals surface area contributed by atoms with Gasteiger partial charge in [0.2, 0.25) is 5.79 Å². The minimum atomic E-state index is -1.68. The third-order valence-electron chi connectivity index (χ3n) is 4.29. The Bertz CT molecular complexity index is 750. The summed E-state index contributed by atoms with van der Waals surface area (Å²) in [5, 5.41) is 0. The molecule has 1 unspecified atom stereocenters. The van der Waals surface area contributed by atoms with Crippen molar-refractivity contribution in [1.82, 2.24) is 0 Å². The Morgan fingerprint density at radius 1 is 0.963 bits per heavy atom. The monoisotopic (exact) mass is 378 g/mol. The van der Waals surface area contributed by atoms with Crippen LogP contribution in [0.5, 0.6) is 5.75 Å². The maximum atomic E-state index is 12.9. The highest BCUT2D eigenvalue weighted by molar-refractivity contribution is 6.04. The maximum absolute atomic E-state index is 12.9. The number of rotatable bonds is 7. The fraction of sp³-hybridized carbons (Fsp3) is 0.500. The van der Waals surface area contributed by atoms with Crippen molar-refractivity contribution in [2.45, 2.75) is 39.1 Å². The molecule has 0 N–H and O–H groups in total. The van der Waals surface area contributed by atoms with Gasteiger partial charge < -0.3 is 23.7 Å². The molecule has 1 heterocycles. The second-order valence-electron chi connectivity index (χ2n) is 6.32. The summed E-state index contributed by atoms with van der Waals surface area (Å²) in [5.41, 5.74) is -0.689. The van der Waals surface area contributed by atoms with Crippen molar-refractivity contribution in [1.29, 1.82) is 0 Å². The number of para-hydroxylation sites is 1. The lowest BCUT2D eigenvalue weighted by Gasteiger charge is -2.33. The molecule has 1 aliphatic rings. The molecule has 0 saturated carbocycles. The third-order valence-corrected chi connectivity index (χ3v) is 4.29. The Balaban J connectivity index is 2.83. The number of esters is 2. The summed E-state index contributed by atoms with van der Waals surface area (Å²) in [6.45, 7) is 7.01. The Labute approximate surface area is 159 Å². The summed E-state index contributed by atoms with van der Waals surface area (Å²) in [6.07, 6.45) is 0. The smallest absolute Gasteiger partial charge is 0.340 e. The average Bonchev–Trinajstić information content (AvgIpc) is 2.90. The number of benzene rings is 1. The van der Waals surface area contributed by atoms with Crippen LogP contribution < -0.4 is 4.74 Å². The first-order valence-corrected chi connectivity index (χ1v) is 8.77. The molecular formula is C20H26O7. The van der Waals surface area contributed by atoms with Crippen LogP contribution in [0.15, 0.2) is 35.4 Å². The second kappa shape index (κ2) is 8.10. The van der Waals surface area contributed by atoms with Crippen LogP contribution in [-0.2, 0) is 34.3 Å². The van der Waals surface area contributed by atoms with Crippen LogP contribution in [0.2, 0.25) is 0 Å². The van der Waals surface area contributed by atoms with Gasteiger partial charge in [0.25, 0.3) is 0 Å². The summed E-state index contributed by atoms with van der Waals surface area (Å²) < 4.78 is 27.8. The zero-order valence-electron chi connectivity index (χ0n) is 16.6. The number of carbonyl (C=O) groups is 2. The number of ether oxygens (including phenoxy) is 5. The number of hydrogen-bond acceptors (Lipinski definition) is 7. The summed E-state index contributed by atoms with van der Waals surface area (Å²) in [5.74, 6) is -2.59. The largest absolute Gasteiger partial charge is 0.496 e. The van der Waals surface area contributed by atoms with Crippen LogP contribution in [0.1, 0.15) is 33.3 Å². The van der Waals surface area contributed by atoms with Gasteiger partial charge in [-0.25, -0.2) is 9.59 Å². The first-order valence-electron chi connectivity index (χ1n) is 8.77. The molecule has 0 amide bonds. The maximum Gasteiger partial charge on any atom is 0.340 e. The molecule has 7 heteroatoms. The van der Waals surface area contributed by atoms with E-state index in [4.69, 9.17) is 23.7 Å². The molecule has 1 aromatic rings. The van der Waals surface area contributed by atoms with E-state index in [2.05, 4.69) is 0 Å². The van der Waals surface area contributed by atoms with Crippen molar-refractivity contribution in [3.8, 4) is 5.75 Å². The summed E-state index contributed by atoms with van der Waals surface area (Å²) in [7, 11) is 2.90. The van der Waals surface area contributed by atoms with E-state index in [1.54, 1.807) is 52.0 Å². The van der Waals surface area contributed by atoms with Crippen LogP contribution >= 0.6 is 0 Å². The fourth-order valence-electron chi connectivity index (χ4n) is 3.28. The predicted octanol–water partition coefficient (Wildman–Crippen LogP) is 2.73. The van der Waals surface area contributed by atoms with Gasteiger partial charge in [0, 0.05) is 7.11 Å². The normalized spacial score (nSPS) is 21.1. The van der Waals surface area contributed by atoms with E-state index in [0.717, 1.165) is 0 Å². The lowest BCUT2D eigenvalue weighted by Crippen LogP contribution is -2.38. The van der Waals surface area contributed by atoms with Crippen molar-refractivity contribution in [3.63, 3.8) is 0 Å². The molecule has 1 atom stereocenters. The first kappa shape index (κ1) is 20.9. The van der Waals surface area contributed by atoms with E-state index in [1.165, 1.54) is 14.2 Å². The fourth-order valence-corrected chi connectivity index (χ4v) is 3.28. The van der Waals surface area contributed by atoms with E-state index in [1.807, 2.05) is 0 Å². The molecule has 1 aromatic carbocycles. The lowest BCUT2D eigenvalue weighted by molar-refractivity contribution is -0.232. The molecule has 0 aromatic heterocycles. The van der Waals surface area contributed by atoms with Gasteiger partial charge in [0.15, 0.2) is 0 Å². The summed E-state index contributed by atoms with van der Waals surface area (Å²) in [4.78, 5) is 25.6. The topological polar surface area (TPSA) is 80.3 Å². The van der Waals surface area contributed by atoms with Crippen LogP contribution in [0.4, 0.5) is 0 Å². The van der Waals surface area contributed by atoms with E-state index in [0.29, 0.717) is 11.3 Å². The molecule has 0 fully saturated rings. The van der Waals surface area contributed by atoms with E-state index in [9.17, 15) is 9.59 Å². The van der Waals surface area contributed by atoms with Crippen molar-refractivity contribution >= 4 is 11.9 Å². The Hall–Kier alpha value is -2.38. The zero-order valence-corrected chi connectivity index (χ0v) is 16.6. The molecule has 0 aliphatic carbocycles. The summed E-state index contributed by atoms with van der Waals surface area (Å²) in [6, 6.07) is 6.98. The molecule has 148 valence electrons. The minimum Gasteiger partial charge on any atom is -0.496 e. The predicted molar refractivity (Wildman–Crippen MR) is 97.1 cm³/mol. The van der Waals surface area contributed by atoms with Gasteiger partial charge in [-0.2, -0.15) is 0 Å². The van der Waals surface area contributed by atoms with Crippen molar-refractivity contribution < 1.29 is 33.3 Å². The SMILES string of the molecule is CCOC(=O)C1=C(C(=O)OCC)C(OC)(c2ccccc2OC)OC1(C)C. The zero-order chi connectivity index (χ0) is 20.2. The standard InChI is InChI=1S/C20H26O7/c1-7-25-17(21)15-16(18(22)26-8-2)20(24-6,27-19(15,3)4)13-11-9-10-12-14(13)23-5/h9-12H,7-8H2,1-6H3. The lowest BCUT2D eigenvalue weighted by atomic mass is 9.90. The molecular weight excluding hydrogens is 352 g/mol. The van der Waals surface area contributed by atoms with Gasteiger partial charge >= 0.3 is 11.9 Å². The van der Waals surface area contributed by atoms with E-state index in [-0.39, 0.29) is 24.4 Å². The molecule has 0 spiro atoms.